The maximum atomic E-state index is 8.24. The van der Waals surface area contributed by atoms with E-state index in [4.69, 9.17) is 9.90 Å². The first-order chi connectivity index (χ1) is 3.33. The third-order valence-electron chi connectivity index (χ3n) is 0.354. The zero-order valence-corrected chi connectivity index (χ0v) is 7.82. The van der Waals surface area contributed by atoms with Crippen LogP contribution in [0.2, 0.25) is 0 Å². The first-order valence-corrected chi connectivity index (χ1v) is 2.13. The fourth-order valence-corrected chi connectivity index (χ4v) is 0. The molecule has 0 aliphatic heterocycles. The van der Waals surface area contributed by atoms with E-state index >= 15 is 0 Å². The quantitative estimate of drug-likeness (QED) is 0.736. The van der Waals surface area contributed by atoms with Crippen LogP contribution in [0.4, 0.5) is 0 Å². The second-order valence-corrected chi connectivity index (χ2v) is 0.945. The molecule has 3 heteroatoms. The van der Waals surface area contributed by atoms with Gasteiger partial charge in [-0.2, -0.15) is 6.42 Å². The van der Waals surface area contributed by atoms with Gasteiger partial charge >= 0.3 is 21.1 Å². The minimum atomic E-state index is 0. The molecular formula is C5H10O2W. The second-order valence-electron chi connectivity index (χ2n) is 0.945. The van der Waals surface area contributed by atoms with Crippen LogP contribution < -0.4 is 0 Å². The predicted octanol–water partition coefficient (Wildman–Crippen LogP) is 1.23. The Morgan fingerprint density at radius 1 is 1.75 bits per heavy atom. The number of aliphatic hydroxyl groups excluding tert-OH is 1. The van der Waals surface area contributed by atoms with E-state index in [1.54, 1.807) is 0 Å². The van der Waals surface area contributed by atoms with E-state index in [2.05, 4.69) is 13.8 Å². The monoisotopic (exact) mass is 286 g/mol. The van der Waals surface area contributed by atoms with E-state index in [1.165, 1.54) is 6.42 Å². The molecule has 0 spiro atoms. The number of hydrogen-bond acceptors (Lipinski definition) is 1. The van der Waals surface area contributed by atoms with E-state index in [-0.39, 0.29) is 21.1 Å². The standard InChI is InChI=1S/C4H9.CHO2.W/c1-3-4-2;2-1-3;/h1,3-4H2,2H3;(H,2,3);/q2*-1;+2. The summed E-state index contributed by atoms with van der Waals surface area (Å²) in [7, 11) is 0. The molecule has 0 atom stereocenters. The summed E-state index contributed by atoms with van der Waals surface area (Å²) in [6, 6.07) is 0. The molecule has 8 heavy (non-hydrogen) atoms. The van der Waals surface area contributed by atoms with Gasteiger partial charge in [-0.15, -0.1) is 0 Å². The maximum absolute atomic E-state index is 8.24. The van der Waals surface area contributed by atoms with Crippen LogP contribution in [0.15, 0.2) is 0 Å². The van der Waals surface area contributed by atoms with Gasteiger partial charge in [0.25, 0.3) is 0 Å². The van der Waals surface area contributed by atoms with Crippen LogP contribution in [0, 0.1) is 6.92 Å². The number of unbranched alkanes of at least 4 members (excludes halogenated alkanes) is 1. The molecule has 0 saturated carbocycles. The normalized spacial score (nSPS) is 5.25. The first kappa shape index (κ1) is 15.7. The van der Waals surface area contributed by atoms with Gasteiger partial charge in [-0.1, -0.05) is 19.8 Å². The Bertz CT molecular complexity index is 29.6. The third-order valence-corrected chi connectivity index (χ3v) is 0.354. The van der Waals surface area contributed by atoms with Crippen molar-refractivity contribution in [3.8, 4) is 0 Å². The van der Waals surface area contributed by atoms with E-state index < -0.39 is 0 Å². The van der Waals surface area contributed by atoms with E-state index in [1.807, 2.05) is 0 Å². The van der Waals surface area contributed by atoms with Crippen LogP contribution in [0.5, 0.6) is 0 Å². The predicted molar refractivity (Wildman–Crippen MR) is 28.6 cm³/mol. The zero-order chi connectivity index (χ0) is 6.12. The zero-order valence-electron chi connectivity index (χ0n) is 4.89. The minimum Gasteiger partial charge on any atom is -0.665 e. The van der Waals surface area contributed by atoms with Gasteiger partial charge in [-0.05, 0) is 0 Å². The molecule has 0 saturated heterocycles. The Balaban J connectivity index is -0.0000000575. The SMILES string of the molecule is O=[C-]O.[CH2-]CCC.[W+2]. The van der Waals surface area contributed by atoms with Gasteiger partial charge in [-0.3, -0.25) is 0 Å². The molecular weight excluding hydrogens is 276 g/mol. The van der Waals surface area contributed by atoms with Gasteiger partial charge in [0, 0.05) is 0 Å². The van der Waals surface area contributed by atoms with Crippen molar-refractivity contribution in [2.75, 3.05) is 0 Å². The second kappa shape index (κ2) is 27.2. The van der Waals surface area contributed by atoms with Crippen LogP contribution in [0.3, 0.4) is 0 Å². The van der Waals surface area contributed by atoms with Gasteiger partial charge < -0.3 is 16.8 Å². The van der Waals surface area contributed by atoms with Crippen molar-refractivity contribution >= 4 is 6.47 Å². The summed E-state index contributed by atoms with van der Waals surface area (Å²) in [5.41, 5.74) is 0. The summed E-state index contributed by atoms with van der Waals surface area (Å²) in [5, 5.41) is 6.76. The summed E-state index contributed by atoms with van der Waals surface area (Å²) in [4.78, 5) is 8.24. The summed E-state index contributed by atoms with van der Waals surface area (Å²) >= 11 is 0. The van der Waals surface area contributed by atoms with Crippen LogP contribution in [-0.4, -0.2) is 11.6 Å². The molecule has 0 aliphatic rings. The van der Waals surface area contributed by atoms with Gasteiger partial charge in [0.15, 0.2) is 0 Å². The first-order valence-electron chi connectivity index (χ1n) is 2.13. The van der Waals surface area contributed by atoms with E-state index in [0.29, 0.717) is 6.47 Å². The Labute approximate surface area is 64.5 Å². The summed E-state index contributed by atoms with van der Waals surface area (Å²) in [5.74, 6) is 0. The molecule has 0 unspecified atom stereocenters. The van der Waals surface area contributed by atoms with E-state index in [0.717, 1.165) is 6.42 Å². The average molecular weight is 286 g/mol. The van der Waals surface area contributed by atoms with Gasteiger partial charge in [0.05, 0.1) is 0 Å². The number of rotatable bonds is 1. The van der Waals surface area contributed by atoms with Crippen LogP contribution in [-0.2, 0) is 25.9 Å². The number of hydrogen-bond donors (Lipinski definition) is 1. The molecule has 0 amide bonds. The maximum Gasteiger partial charge on any atom is 2.00 e. The van der Waals surface area contributed by atoms with Crippen molar-refractivity contribution in [1.29, 1.82) is 0 Å². The van der Waals surface area contributed by atoms with Crippen molar-refractivity contribution in [3.05, 3.63) is 6.92 Å². The molecule has 2 nitrogen and oxygen atoms in total. The molecule has 0 aromatic rings. The van der Waals surface area contributed by atoms with Gasteiger partial charge in [0.1, 0.15) is 0 Å². The fraction of sp³-hybridized carbons (Fsp3) is 0.600. The summed E-state index contributed by atoms with van der Waals surface area (Å²) in [6.45, 7) is 6.22. The molecule has 0 aromatic heterocycles. The molecule has 0 aromatic carbocycles. The Morgan fingerprint density at radius 2 is 1.88 bits per heavy atom. The minimum absolute atomic E-state index is 0. The third kappa shape index (κ3) is 122. The Kier molecular flexibility index (Phi) is 53.4. The van der Waals surface area contributed by atoms with Crippen molar-refractivity contribution in [1.82, 2.24) is 0 Å². The van der Waals surface area contributed by atoms with Crippen LogP contribution >= 0.6 is 0 Å². The largest absolute Gasteiger partial charge is 2.00 e. The van der Waals surface area contributed by atoms with E-state index in [9.17, 15) is 0 Å². The molecule has 1 N–H and O–H groups in total. The molecule has 0 fully saturated rings. The molecule has 0 bridgehead atoms. The van der Waals surface area contributed by atoms with Crippen molar-refractivity contribution in [3.63, 3.8) is 0 Å². The van der Waals surface area contributed by atoms with Crippen molar-refractivity contribution in [2.24, 2.45) is 0 Å². The molecule has 0 rings (SSSR count). The summed E-state index contributed by atoms with van der Waals surface area (Å²) < 4.78 is 0. The molecule has 48 valence electrons. The average Bonchev–Trinajstić information content (AvgIpc) is 1.69. The molecule has 0 aliphatic carbocycles. The fourth-order valence-electron chi connectivity index (χ4n) is 0. The van der Waals surface area contributed by atoms with Crippen molar-refractivity contribution < 1.29 is 31.0 Å². The van der Waals surface area contributed by atoms with Gasteiger partial charge in [0.2, 0.25) is 0 Å². The molecule has 0 heterocycles. The smallest absolute Gasteiger partial charge is 0.665 e. The van der Waals surface area contributed by atoms with Crippen LogP contribution in [0.1, 0.15) is 19.8 Å². The van der Waals surface area contributed by atoms with Crippen molar-refractivity contribution in [2.45, 2.75) is 19.8 Å². The van der Waals surface area contributed by atoms with Gasteiger partial charge in [-0.25, -0.2) is 0 Å². The summed E-state index contributed by atoms with van der Waals surface area (Å²) in [6.07, 6.45) is 2.28. The Hall–Kier alpha value is 0.158. The molecule has 0 radical (unpaired) electrons. The van der Waals surface area contributed by atoms with Crippen LogP contribution in [0.25, 0.3) is 0 Å². The topological polar surface area (TPSA) is 37.3 Å². The Morgan fingerprint density at radius 3 is 1.88 bits per heavy atom.